The molecule has 1 atom stereocenters. The summed E-state index contributed by atoms with van der Waals surface area (Å²) in [7, 11) is 0. The molecule has 0 aromatic heterocycles. The second-order valence-corrected chi connectivity index (χ2v) is 4.97. The van der Waals surface area contributed by atoms with Crippen molar-refractivity contribution in [2.24, 2.45) is 0 Å². The molecule has 1 spiro atoms. The molecular formula is C11H15F3N2O2. The van der Waals surface area contributed by atoms with Crippen LogP contribution in [0.25, 0.3) is 0 Å². The van der Waals surface area contributed by atoms with Crippen LogP contribution in [0.4, 0.5) is 13.2 Å². The fourth-order valence-corrected chi connectivity index (χ4v) is 2.83. The predicted molar refractivity (Wildman–Crippen MR) is 56.6 cm³/mol. The molecule has 0 aromatic rings. The fraction of sp³-hybridized carbons (Fsp3) is 0.818. The lowest BCUT2D eigenvalue weighted by Gasteiger charge is -2.45. The van der Waals surface area contributed by atoms with Gasteiger partial charge >= 0.3 is 6.18 Å². The summed E-state index contributed by atoms with van der Waals surface area (Å²) < 4.78 is 37.7. The molecule has 1 heterocycles. The molecule has 1 aliphatic heterocycles. The summed E-state index contributed by atoms with van der Waals surface area (Å²) in [5.41, 5.74) is -1.28. The zero-order chi connectivity index (χ0) is 13.6. The summed E-state index contributed by atoms with van der Waals surface area (Å²) in [5.74, 6) is -1.09. The quantitative estimate of drug-likeness (QED) is 0.774. The van der Waals surface area contributed by atoms with E-state index in [1.165, 1.54) is 6.92 Å². The third-order valence-corrected chi connectivity index (χ3v) is 3.69. The largest absolute Gasteiger partial charge is 0.406 e. The number of hydrogen-bond acceptors (Lipinski definition) is 2. The van der Waals surface area contributed by atoms with Gasteiger partial charge in [0.15, 0.2) is 0 Å². The maximum atomic E-state index is 12.6. The van der Waals surface area contributed by atoms with E-state index in [2.05, 4.69) is 5.32 Å². The molecule has 0 aromatic carbocycles. The molecule has 2 aliphatic rings. The first-order valence-corrected chi connectivity index (χ1v) is 5.95. The number of nitrogens with one attached hydrogen (secondary N) is 1. The Morgan fingerprint density at radius 2 is 1.89 bits per heavy atom. The molecule has 7 heteroatoms. The van der Waals surface area contributed by atoms with Crippen molar-refractivity contribution in [3.05, 3.63) is 0 Å². The Hall–Kier alpha value is -1.27. The monoisotopic (exact) mass is 264 g/mol. The smallest absolute Gasteiger partial charge is 0.343 e. The Morgan fingerprint density at radius 1 is 1.33 bits per heavy atom. The van der Waals surface area contributed by atoms with Gasteiger partial charge in [-0.3, -0.25) is 9.59 Å². The number of alkyl halides is 3. The van der Waals surface area contributed by atoms with Gasteiger partial charge in [-0.05, 0) is 19.8 Å². The summed E-state index contributed by atoms with van der Waals surface area (Å²) in [4.78, 5) is 24.7. The van der Waals surface area contributed by atoms with Crippen LogP contribution in [0.1, 0.15) is 32.6 Å². The highest BCUT2D eigenvalue weighted by Crippen LogP contribution is 2.39. The first-order valence-electron chi connectivity index (χ1n) is 5.95. The molecule has 0 bridgehead atoms. The van der Waals surface area contributed by atoms with Gasteiger partial charge in [-0.25, -0.2) is 0 Å². The Labute approximate surface area is 103 Å². The molecule has 0 radical (unpaired) electrons. The van der Waals surface area contributed by atoms with Crippen LogP contribution < -0.4 is 5.32 Å². The average Bonchev–Trinajstić information content (AvgIpc) is 2.71. The van der Waals surface area contributed by atoms with Crippen LogP contribution in [0.5, 0.6) is 0 Å². The van der Waals surface area contributed by atoms with Gasteiger partial charge in [-0.15, -0.1) is 0 Å². The van der Waals surface area contributed by atoms with Crippen LogP contribution >= 0.6 is 0 Å². The molecule has 1 unspecified atom stereocenters. The Bertz CT molecular complexity index is 375. The number of hydrogen-bond donors (Lipinski definition) is 1. The minimum Gasteiger partial charge on any atom is -0.343 e. The Kier molecular flexibility index (Phi) is 3.03. The number of carbonyl (C=O) groups excluding carboxylic acids is 2. The predicted octanol–water partition coefficient (Wildman–Crippen LogP) is 1.21. The second kappa shape index (κ2) is 4.13. The van der Waals surface area contributed by atoms with Gasteiger partial charge in [0, 0.05) is 0 Å². The van der Waals surface area contributed by atoms with Crippen molar-refractivity contribution in [3.63, 3.8) is 0 Å². The van der Waals surface area contributed by atoms with E-state index >= 15 is 0 Å². The van der Waals surface area contributed by atoms with E-state index in [1.54, 1.807) is 0 Å². The van der Waals surface area contributed by atoms with Crippen molar-refractivity contribution >= 4 is 11.8 Å². The number of amides is 2. The molecule has 2 rings (SSSR count). The van der Waals surface area contributed by atoms with Crippen molar-refractivity contribution < 1.29 is 22.8 Å². The number of piperazine rings is 1. The van der Waals surface area contributed by atoms with Crippen LogP contribution in [-0.4, -0.2) is 41.0 Å². The van der Waals surface area contributed by atoms with Crippen molar-refractivity contribution in [2.75, 3.05) is 6.54 Å². The fourth-order valence-electron chi connectivity index (χ4n) is 2.83. The summed E-state index contributed by atoms with van der Waals surface area (Å²) in [6, 6.07) is -0.883. The number of rotatable bonds is 1. The van der Waals surface area contributed by atoms with Crippen LogP contribution in [0, 0.1) is 0 Å². The lowest BCUT2D eigenvalue weighted by molar-refractivity contribution is -0.182. The highest BCUT2D eigenvalue weighted by atomic mass is 19.4. The van der Waals surface area contributed by atoms with E-state index in [0.29, 0.717) is 25.7 Å². The molecule has 18 heavy (non-hydrogen) atoms. The zero-order valence-electron chi connectivity index (χ0n) is 10.0. The van der Waals surface area contributed by atoms with Crippen LogP contribution in [0.2, 0.25) is 0 Å². The van der Waals surface area contributed by atoms with E-state index in [1.807, 2.05) is 0 Å². The van der Waals surface area contributed by atoms with Crippen molar-refractivity contribution in [1.29, 1.82) is 0 Å². The molecule has 102 valence electrons. The van der Waals surface area contributed by atoms with E-state index < -0.39 is 36.1 Å². The number of carbonyl (C=O) groups is 2. The first kappa shape index (κ1) is 13.2. The number of nitrogens with zero attached hydrogens (tertiary/aromatic N) is 1. The molecule has 2 amide bonds. The van der Waals surface area contributed by atoms with Gasteiger partial charge in [-0.2, -0.15) is 13.2 Å². The van der Waals surface area contributed by atoms with Crippen LogP contribution in [-0.2, 0) is 9.59 Å². The van der Waals surface area contributed by atoms with Gasteiger partial charge in [0.25, 0.3) is 0 Å². The minimum absolute atomic E-state index is 0.313. The molecule has 1 saturated carbocycles. The van der Waals surface area contributed by atoms with Gasteiger partial charge in [0.2, 0.25) is 11.8 Å². The first-order chi connectivity index (χ1) is 8.26. The summed E-state index contributed by atoms with van der Waals surface area (Å²) >= 11 is 0. The Morgan fingerprint density at radius 3 is 2.39 bits per heavy atom. The van der Waals surface area contributed by atoms with Gasteiger partial charge in [0.05, 0.1) is 0 Å². The van der Waals surface area contributed by atoms with Crippen LogP contribution in [0.3, 0.4) is 0 Å². The third kappa shape index (κ3) is 2.06. The van der Waals surface area contributed by atoms with E-state index in [0.717, 1.165) is 4.90 Å². The summed E-state index contributed by atoms with van der Waals surface area (Å²) in [6.45, 7) is 0.0645. The SMILES string of the molecule is CC1NC(=O)C2(CCCC2)N(CC(F)(F)F)C1=O. The number of halogens is 3. The maximum absolute atomic E-state index is 12.6. The van der Waals surface area contributed by atoms with Gasteiger partial charge in [0.1, 0.15) is 18.1 Å². The minimum atomic E-state index is -4.48. The zero-order valence-corrected chi connectivity index (χ0v) is 10.0. The summed E-state index contributed by atoms with van der Waals surface area (Å²) in [5, 5.41) is 2.48. The van der Waals surface area contributed by atoms with E-state index in [-0.39, 0.29) is 0 Å². The Balaban J connectivity index is 2.34. The van der Waals surface area contributed by atoms with Crippen molar-refractivity contribution in [3.8, 4) is 0 Å². The van der Waals surface area contributed by atoms with Crippen molar-refractivity contribution in [2.45, 2.75) is 50.4 Å². The van der Waals surface area contributed by atoms with E-state index in [4.69, 9.17) is 0 Å². The molecule has 4 nitrogen and oxygen atoms in total. The molecule has 1 saturated heterocycles. The highest BCUT2D eigenvalue weighted by Gasteiger charge is 2.55. The molecular weight excluding hydrogens is 249 g/mol. The van der Waals surface area contributed by atoms with Crippen molar-refractivity contribution in [1.82, 2.24) is 10.2 Å². The van der Waals surface area contributed by atoms with E-state index in [9.17, 15) is 22.8 Å². The average molecular weight is 264 g/mol. The molecule has 1 aliphatic carbocycles. The third-order valence-electron chi connectivity index (χ3n) is 3.69. The standard InChI is InChI=1S/C11H15F3N2O2/c1-7-8(17)16(6-11(12,13)14)10(9(18)15-7)4-2-3-5-10/h7H,2-6H2,1H3,(H,15,18). The lowest BCUT2D eigenvalue weighted by atomic mass is 9.89. The maximum Gasteiger partial charge on any atom is 0.406 e. The topological polar surface area (TPSA) is 49.4 Å². The lowest BCUT2D eigenvalue weighted by Crippen LogP contribution is -2.70. The summed E-state index contributed by atoms with van der Waals surface area (Å²) in [6.07, 6.45) is -2.52. The molecule has 2 fully saturated rings. The highest BCUT2D eigenvalue weighted by molar-refractivity contribution is 5.99. The molecule has 1 N–H and O–H groups in total. The van der Waals surface area contributed by atoms with Gasteiger partial charge in [-0.1, -0.05) is 12.8 Å². The van der Waals surface area contributed by atoms with Gasteiger partial charge < -0.3 is 10.2 Å². The second-order valence-electron chi connectivity index (χ2n) is 4.97. The van der Waals surface area contributed by atoms with Crippen LogP contribution in [0.15, 0.2) is 0 Å². The normalized spacial score (nSPS) is 27.8.